The first-order valence-electron chi connectivity index (χ1n) is 8.98. The summed E-state index contributed by atoms with van der Waals surface area (Å²) in [6.07, 6.45) is 3.92. The number of fused-ring (bicyclic) bond motifs is 1. The number of sulfonamides is 1. The van der Waals surface area contributed by atoms with Crippen LogP contribution in [0.1, 0.15) is 19.3 Å². The van der Waals surface area contributed by atoms with Gasteiger partial charge in [0.2, 0.25) is 21.6 Å². The molecule has 2 aromatic rings. The zero-order valence-corrected chi connectivity index (χ0v) is 16.4. The smallest absolute Gasteiger partial charge is 0.299 e. The lowest BCUT2D eigenvalue weighted by Crippen LogP contribution is -2.39. The minimum atomic E-state index is -3.30. The Morgan fingerprint density at radius 2 is 2.26 bits per heavy atom. The number of carbonyl (C=O) groups is 1. The van der Waals surface area contributed by atoms with Crippen molar-refractivity contribution < 1.29 is 17.6 Å². The second-order valence-electron chi connectivity index (χ2n) is 6.93. The average molecular weight is 395 g/mol. The maximum atomic E-state index is 12.2. The molecule has 27 heavy (non-hydrogen) atoms. The number of anilines is 1. The lowest BCUT2D eigenvalue weighted by atomic mass is 9.95. The van der Waals surface area contributed by atoms with Gasteiger partial charge in [-0.25, -0.2) is 17.7 Å². The molecule has 3 heterocycles. The van der Waals surface area contributed by atoms with E-state index >= 15 is 0 Å². The van der Waals surface area contributed by atoms with E-state index in [1.165, 1.54) is 14.1 Å². The van der Waals surface area contributed by atoms with Gasteiger partial charge in [0.1, 0.15) is 0 Å². The van der Waals surface area contributed by atoms with Gasteiger partial charge in [0, 0.05) is 46.3 Å². The highest BCUT2D eigenvalue weighted by Gasteiger charge is 2.25. The molecular formula is C17H25N5O4S. The summed E-state index contributed by atoms with van der Waals surface area (Å²) in [5, 5.41) is 2.70. The first-order chi connectivity index (χ1) is 12.8. The number of nitrogens with zero attached hydrogens (tertiary/aromatic N) is 4. The third kappa shape index (κ3) is 4.95. The number of hydrogen-bond donors (Lipinski definition) is 1. The van der Waals surface area contributed by atoms with Gasteiger partial charge < -0.3 is 14.6 Å². The summed E-state index contributed by atoms with van der Waals surface area (Å²) in [5.74, 6) is -0.0551. The summed E-state index contributed by atoms with van der Waals surface area (Å²) in [4.78, 5) is 22.8. The molecule has 0 aliphatic carbocycles. The number of oxazole rings is 1. The number of aromatic nitrogens is 2. The predicted octanol–water partition coefficient (Wildman–Crippen LogP) is 0.837. The van der Waals surface area contributed by atoms with E-state index in [9.17, 15) is 13.2 Å². The number of amides is 1. The van der Waals surface area contributed by atoms with E-state index in [1.54, 1.807) is 12.3 Å². The maximum absolute atomic E-state index is 12.2. The van der Waals surface area contributed by atoms with Gasteiger partial charge in [0.15, 0.2) is 5.58 Å². The predicted molar refractivity (Wildman–Crippen MR) is 102 cm³/mol. The summed E-state index contributed by atoms with van der Waals surface area (Å²) >= 11 is 0. The Kier molecular flexibility index (Phi) is 5.95. The molecule has 1 aliphatic heterocycles. The van der Waals surface area contributed by atoms with Gasteiger partial charge >= 0.3 is 0 Å². The van der Waals surface area contributed by atoms with E-state index in [1.807, 2.05) is 11.0 Å². The van der Waals surface area contributed by atoms with Crippen LogP contribution in [-0.2, 0) is 14.8 Å². The minimum absolute atomic E-state index is 0.0988. The second-order valence-corrected chi connectivity index (χ2v) is 9.23. The fourth-order valence-corrected chi connectivity index (χ4v) is 3.86. The molecule has 0 bridgehead atoms. The SMILES string of the molecule is CN(C)S(=O)(=O)CCNC(=O)CC1CCCN(c2nc3ncccc3o2)C1. The van der Waals surface area contributed by atoms with Crippen LogP contribution in [0.2, 0.25) is 0 Å². The van der Waals surface area contributed by atoms with Gasteiger partial charge in [-0.2, -0.15) is 4.98 Å². The molecule has 1 aliphatic rings. The Balaban J connectivity index is 1.51. The molecular weight excluding hydrogens is 370 g/mol. The maximum Gasteiger partial charge on any atom is 0.299 e. The molecule has 148 valence electrons. The Morgan fingerprint density at radius 1 is 1.44 bits per heavy atom. The van der Waals surface area contributed by atoms with Crippen molar-refractivity contribution in [3.8, 4) is 0 Å². The van der Waals surface area contributed by atoms with Crippen LogP contribution in [0, 0.1) is 5.92 Å². The highest BCUT2D eigenvalue weighted by Crippen LogP contribution is 2.26. The first kappa shape index (κ1) is 19.6. The van der Waals surface area contributed by atoms with E-state index < -0.39 is 10.0 Å². The molecule has 3 rings (SSSR count). The summed E-state index contributed by atoms with van der Waals surface area (Å²) < 4.78 is 30.4. The summed E-state index contributed by atoms with van der Waals surface area (Å²) in [6, 6.07) is 4.16. The van der Waals surface area contributed by atoms with Crippen molar-refractivity contribution in [2.75, 3.05) is 44.4 Å². The molecule has 9 nitrogen and oxygen atoms in total. The lowest BCUT2D eigenvalue weighted by molar-refractivity contribution is -0.121. The highest BCUT2D eigenvalue weighted by atomic mass is 32.2. The zero-order valence-electron chi connectivity index (χ0n) is 15.6. The number of carbonyl (C=O) groups excluding carboxylic acids is 1. The lowest BCUT2D eigenvalue weighted by Gasteiger charge is -2.31. The minimum Gasteiger partial charge on any atom is -0.422 e. The number of hydrogen-bond acceptors (Lipinski definition) is 7. The molecule has 1 saturated heterocycles. The van der Waals surface area contributed by atoms with E-state index in [2.05, 4.69) is 15.3 Å². The topological polar surface area (TPSA) is 109 Å². The molecule has 1 N–H and O–H groups in total. The summed E-state index contributed by atoms with van der Waals surface area (Å²) in [6.45, 7) is 1.62. The Hall–Kier alpha value is -2.20. The number of nitrogens with one attached hydrogen (secondary N) is 1. The van der Waals surface area contributed by atoms with Gasteiger partial charge in [-0.3, -0.25) is 4.79 Å². The van der Waals surface area contributed by atoms with Gasteiger partial charge in [-0.05, 0) is 30.9 Å². The van der Waals surface area contributed by atoms with Crippen molar-refractivity contribution in [1.29, 1.82) is 0 Å². The molecule has 0 spiro atoms. The van der Waals surface area contributed by atoms with Gasteiger partial charge in [-0.15, -0.1) is 0 Å². The molecule has 1 fully saturated rings. The van der Waals surface area contributed by atoms with Crippen molar-refractivity contribution in [3.63, 3.8) is 0 Å². The van der Waals surface area contributed by atoms with E-state index in [4.69, 9.17) is 4.42 Å². The molecule has 0 radical (unpaired) electrons. The van der Waals surface area contributed by atoms with E-state index in [0.29, 0.717) is 30.2 Å². The fourth-order valence-electron chi connectivity index (χ4n) is 3.13. The second kappa shape index (κ2) is 8.22. The molecule has 1 amide bonds. The van der Waals surface area contributed by atoms with Crippen molar-refractivity contribution in [3.05, 3.63) is 18.3 Å². The Labute approximate surface area is 158 Å². The van der Waals surface area contributed by atoms with Crippen molar-refractivity contribution in [2.24, 2.45) is 5.92 Å². The summed E-state index contributed by atoms with van der Waals surface area (Å²) in [5.41, 5.74) is 1.23. The van der Waals surface area contributed by atoms with Crippen molar-refractivity contribution in [1.82, 2.24) is 19.6 Å². The molecule has 10 heteroatoms. The largest absolute Gasteiger partial charge is 0.422 e. The van der Waals surface area contributed by atoms with Crippen LogP contribution in [0.25, 0.3) is 11.2 Å². The Bertz CT molecular complexity index is 863. The van der Waals surface area contributed by atoms with Gasteiger partial charge in [0.25, 0.3) is 6.01 Å². The van der Waals surface area contributed by atoms with Crippen LogP contribution >= 0.6 is 0 Å². The first-order valence-corrected chi connectivity index (χ1v) is 10.6. The monoisotopic (exact) mass is 395 g/mol. The third-order valence-corrected chi connectivity index (χ3v) is 6.49. The highest BCUT2D eigenvalue weighted by molar-refractivity contribution is 7.89. The van der Waals surface area contributed by atoms with Gasteiger partial charge in [0.05, 0.1) is 5.75 Å². The van der Waals surface area contributed by atoms with E-state index in [-0.39, 0.29) is 24.1 Å². The third-order valence-electron chi connectivity index (χ3n) is 4.66. The molecule has 1 atom stereocenters. The number of pyridine rings is 1. The quantitative estimate of drug-likeness (QED) is 0.740. The fraction of sp³-hybridized carbons (Fsp3) is 0.588. The standard InChI is InChI=1S/C17H25N5O4S/c1-21(2)27(24,25)10-8-18-15(23)11-13-5-4-9-22(12-13)17-20-16-14(26-17)6-3-7-19-16/h3,6-7,13H,4-5,8-12H2,1-2H3,(H,18,23). The van der Waals surface area contributed by atoms with Crippen LogP contribution in [-0.4, -0.2) is 68.1 Å². The van der Waals surface area contributed by atoms with Crippen LogP contribution in [0.4, 0.5) is 6.01 Å². The van der Waals surface area contributed by atoms with Crippen molar-refractivity contribution in [2.45, 2.75) is 19.3 Å². The van der Waals surface area contributed by atoms with Crippen LogP contribution < -0.4 is 10.2 Å². The summed E-state index contributed by atoms with van der Waals surface area (Å²) in [7, 11) is -0.338. The normalized spacial score (nSPS) is 18.2. The van der Waals surface area contributed by atoms with E-state index in [0.717, 1.165) is 23.7 Å². The van der Waals surface area contributed by atoms with Crippen LogP contribution in [0.5, 0.6) is 0 Å². The zero-order chi connectivity index (χ0) is 19.4. The van der Waals surface area contributed by atoms with Gasteiger partial charge in [-0.1, -0.05) is 0 Å². The average Bonchev–Trinajstić information content (AvgIpc) is 3.06. The molecule has 1 unspecified atom stereocenters. The van der Waals surface area contributed by atoms with Crippen LogP contribution in [0.3, 0.4) is 0 Å². The number of piperidine rings is 1. The van der Waals surface area contributed by atoms with Crippen LogP contribution in [0.15, 0.2) is 22.7 Å². The number of rotatable bonds is 7. The molecule has 0 saturated carbocycles. The molecule has 2 aromatic heterocycles. The van der Waals surface area contributed by atoms with Crippen molar-refractivity contribution >= 4 is 33.2 Å². The molecule has 0 aromatic carbocycles. The Morgan fingerprint density at radius 3 is 3.00 bits per heavy atom.